The Morgan fingerprint density at radius 3 is 0.865 bits per heavy atom. The first kappa shape index (κ1) is 32.6. The van der Waals surface area contributed by atoms with Crippen molar-refractivity contribution in [3.05, 3.63) is 0 Å². The van der Waals surface area contributed by atoms with Crippen LogP contribution < -0.4 is 10.2 Å². The van der Waals surface area contributed by atoms with Gasteiger partial charge in [0, 0.05) is 49.2 Å². The van der Waals surface area contributed by atoms with E-state index >= 15 is 0 Å². The third-order valence-electron chi connectivity index (χ3n) is 9.32. The summed E-state index contributed by atoms with van der Waals surface area (Å²) in [4.78, 5) is 26.5. The molecule has 0 aromatic rings. The van der Waals surface area contributed by atoms with Gasteiger partial charge in [0.2, 0.25) is 0 Å². The molecule has 0 spiro atoms. The van der Waals surface area contributed by atoms with E-state index in [2.05, 4.69) is 9.80 Å². The predicted molar refractivity (Wildman–Crippen MR) is 140 cm³/mol. The van der Waals surface area contributed by atoms with Crippen molar-refractivity contribution < 1.29 is 36.3 Å². The van der Waals surface area contributed by atoms with Gasteiger partial charge in [0.05, 0.1) is 0 Å². The number of rotatable bonds is 10. The molecule has 0 aromatic carbocycles. The Hall–Kier alpha value is -0.646. The molecule has 0 unspecified atom stereocenters. The Bertz CT molecular complexity index is 535. The Kier molecular flexibility index (Phi) is 16.4. The van der Waals surface area contributed by atoms with Crippen molar-refractivity contribution in [2.75, 3.05) is 13.1 Å². The van der Waals surface area contributed by atoms with Gasteiger partial charge < -0.3 is 19.8 Å². The van der Waals surface area contributed by atoms with Crippen LogP contribution in [0.25, 0.3) is 0 Å². The summed E-state index contributed by atoms with van der Waals surface area (Å²) in [5, 5.41) is 21.5. The molecule has 216 valence electrons. The largest absolute Gasteiger partial charge is 2.00 e. The second kappa shape index (κ2) is 18.6. The fourth-order valence-corrected chi connectivity index (χ4v) is 7.42. The first-order valence-corrected chi connectivity index (χ1v) is 15.5. The zero-order chi connectivity index (χ0) is 25.6. The Labute approximate surface area is 236 Å². The van der Waals surface area contributed by atoms with E-state index in [0.717, 1.165) is 0 Å². The number of carboxylic acids is 2. The van der Waals surface area contributed by atoms with Gasteiger partial charge in [-0.15, -0.1) is 0 Å². The van der Waals surface area contributed by atoms with Crippen molar-refractivity contribution in [1.29, 1.82) is 0 Å². The van der Waals surface area contributed by atoms with Crippen LogP contribution in [0.15, 0.2) is 0 Å². The van der Waals surface area contributed by atoms with Crippen LogP contribution >= 0.6 is 0 Å². The standard InChI is InChI=1S/2C15H27NO2.Ni/c2*17-15(18)11-12-16(13-7-3-1-4-8-13)14-9-5-2-6-10-14;/h2*13-14H,1-12H2,(H,17,18);/q;;+2/p-2. The van der Waals surface area contributed by atoms with Crippen LogP contribution in [0.5, 0.6) is 0 Å². The molecule has 0 saturated heterocycles. The zero-order valence-corrected chi connectivity index (χ0v) is 24.1. The summed E-state index contributed by atoms with van der Waals surface area (Å²) in [5.74, 6) is -1.79. The molecule has 7 heteroatoms. The quantitative estimate of drug-likeness (QED) is 0.371. The summed E-state index contributed by atoms with van der Waals surface area (Å²) >= 11 is 0. The van der Waals surface area contributed by atoms with Crippen molar-refractivity contribution in [3.8, 4) is 0 Å². The molecule has 0 bridgehead atoms. The maximum Gasteiger partial charge on any atom is 2.00 e. The Morgan fingerprint density at radius 2 is 0.676 bits per heavy atom. The van der Waals surface area contributed by atoms with Gasteiger partial charge in [0.25, 0.3) is 0 Å². The molecule has 0 atom stereocenters. The van der Waals surface area contributed by atoms with Gasteiger partial charge in [-0.25, -0.2) is 0 Å². The predicted octanol–water partition coefficient (Wildman–Crippen LogP) is 4.19. The molecule has 4 rings (SSSR count). The van der Waals surface area contributed by atoms with Crippen LogP contribution in [0, 0.1) is 0 Å². The van der Waals surface area contributed by atoms with Crippen molar-refractivity contribution in [2.24, 2.45) is 0 Å². The van der Waals surface area contributed by atoms with E-state index in [-0.39, 0.29) is 29.3 Å². The first-order chi connectivity index (χ1) is 17.5. The molecule has 4 aliphatic carbocycles. The van der Waals surface area contributed by atoms with E-state index in [1.165, 1.54) is 128 Å². The first-order valence-electron chi connectivity index (χ1n) is 15.5. The van der Waals surface area contributed by atoms with Gasteiger partial charge in [-0.1, -0.05) is 77.0 Å². The molecule has 4 fully saturated rings. The number of aliphatic carboxylic acids is 2. The van der Waals surface area contributed by atoms with E-state index < -0.39 is 11.9 Å². The van der Waals surface area contributed by atoms with Crippen molar-refractivity contribution in [3.63, 3.8) is 0 Å². The third-order valence-corrected chi connectivity index (χ3v) is 9.32. The number of nitrogens with zero attached hydrogens (tertiary/aromatic N) is 2. The van der Waals surface area contributed by atoms with Gasteiger partial charge in [-0.05, 0) is 64.2 Å². The van der Waals surface area contributed by atoms with Crippen LogP contribution in [0.3, 0.4) is 0 Å². The van der Waals surface area contributed by atoms with E-state index in [1.807, 2.05) is 0 Å². The van der Waals surface area contributed by atoms with Gasteiger partial charge in [-0.3, -0.25) is 9.80 Å². The molecule has 4 aliphatic rings. The van der Waals surface area contributed by atoms with Gasteiger partial charge >= 0.3 is 16.5 Å². The number of hydrogen-bond donors (Lipinski definition) is 0. The monoisotopic (exact) mass is 562 g/mol. The number of carbonyl (C=O) groups excluding carboxylic acids is 2. The average Bonchev–Trinajstić information content (AvgIpc) is 2.91. The third kappa shape index (κ3) is 12.0. The van der Waals surface area contributed by atoms with Crippen molar-refractivity contribution in [1.82, 2.24) is 9.80 Å². The Morgan fingerprint density at radius 1 is 0.459 bits per heavy atom. The van der Waals surface area contributed by atoms with Crippen LogP contribution in [0.1, 0.15) is 141 Å². The normalized spacial score (nSPS) is 22.8. The molecule has 37 heavy (non-hydrogen) atoms. The number of carboxylic acid groups (broad SMARTS) is 2. The molecule has 0 aromatic heterocycles. The van der Waals surface area contributed by atoms with Crippen molar-refractivity contribution >= 4 is 11.9 Å². The van der Waals surface area contributed by atoms with Gasteiger partial charge in [0.1, 0.15) is 0 Å². The molecular formula is C30H52N2NiO4. The van der Waals surface area contributed by atoms with Gasteiger partial charge in [0.15, 0.2) is 0 Å². The molecular weight excluding hydrogens is 511 g/mol. The molecule has 4 saturated carbocycles. The summed E-state index contributed by atoms with van der Waals surface area (Å²) in [6.45, 7) is 1.41. The zero-order valence-electron chi connectivity index (χ0n) is 23.1. The smallest absolute Gasteiger partial charge is 0.550 e. The summed E-state index contributed by atoms with van der Waals surface area (Å²) in [6.07, 6.45) is 26.5. The van der Waals surface area contributed by atoms with E-state index in [9.17, 15) is 19.8 Å². The molecule has 0 amide bonds. The van der Waals surface area contributed by atoms with E-state index in [4.69, 9.17) is 0 Å². The van der Waals surface area contributed by atoms with Crippen molar-refractivity contribution in [2.45, 2.75) is 165 Å². The molecule has 0 radical (unpaired) electrons. The van der Waals surface area contributed by atoms with Gasteiger partial charge in [-0.2, -0.15) is 0 Å². The second-order valence-electron chi connectivity index (χ2n) is 11.9. The molecule has 0 N–H and O–H groups in total. The van der Waals surface area contributed by atoms with Crippen LogP contribution in [-0.4, -0.2) is 59.0 Å². The fourth-order valence-electron chi connectivity index (χ4n) is 7.42. The minimum absolute atomic E-state index is 0. The summed E-state index contributed by atoms with van der Waals surface area (Å²) < 4.78 is 0. The summed E-state index contributed by atoms with van der Waals surface area (Å²) in [5.41, 5.74) is 0. The minimum atomic E-state index is -0.897. The maximum atomic E-state index is 10.7. The molecule has 0 heterocycles. The SMILES string of the molecule is O=C([O-])CCN(C1CCCCC1)C1CCCCC1.O=C([O-])CCN(C1CCCCC1)C1CCCCC1.[Ni+2]. The van der Waals surface area contributed by atoms with Crippen LogP contribution in [0.2, 0.25) is 0 Å². The second-order valence-corrected chi connectivity index (χ2v) is 11.9. The van der Waals surface area contributed by atoms with Crippen LogP contribution in [0.4, 0.5) is 0 Å². The fraction of sp³-hybridized carbons (Fsp3) is 0.933. The Balaban J connectivity index is 0.000000253. The van der Waals surface area contributed by atoms with E-state index in [1.54, 1.807) is 0 Å². The van der Waals surface area contributed by atoms with E-state index in [0.29, 0.717) is 37.3 Å². The van der Waals surface area contributed by atoms with Crippen LogP contribution in [-0.2, 0) is 26.1 Å². The molecule has 0 aliphatic heterocycles. The topological polar surface area (TPSA) is 86.7 Å². The summed E-state index contributed by atoms with van der Waals surface area (Å²) in [7, 11) is 0. The average molecular weight is 563 g/mol. The minimum Gasteiger partial charge on any atom is -0.550 e. The maximum absolute atomic E-state index is 10.7. The summed E-state index contributed by atoms with van der Waals surface area (Å²) in [6, 6.07) is 2.56. The molecule has 6 nitrogen and oxygen atoms in total. The number of carbonyl (C=O) groups is 2. The number of hydrogen-bond acceptors (Lipinski definition) is 6.